The maximum absolute atomic E-state index is 13.9. The Labute approximate surface area is 186 Å². The normalized spacial score (nSPS) is 11.8. The van der Waals surface area contributed by atoms with Crippen molar-refractivity contribution in [1.82, 2.24) is 24.5 Å². The lowest BCUT2D eigenvalue weighted by Gasteiger charge is -2.21. The minimum atomic E-state index is -0.657. The van der Waals surface area contributed by atoms with Gasteiger partial charge in [0.25, 0.3) is 5.56 Å². The fourth-order valence-corrected chi connectivity index (χ4v) is 3.60. The van der Waals surface area contributed by atoms with Gasteiger partial charge in [-0.15, -0.1) is 0 Å². The second-order valence-corrected chi connectivity index (χ2v) is 7.37. The van der Waals surface area contributed by atoms with Gasteiger partial charge >= 0.3 is 0 Å². The van der Waals surface area contributed by atoms with Gasteiger partial charge in [-0.3, -0.25) is 14.3 Å². The molecule has 3 aromatic heterocycles. The van der Waals surface area contributed by atoms with E-state index in [9.17, 15) is 14.4 Å². The van der Waals surface area contributed by atoms with E-state index < -0.39 is 17.4 Å². The number of nitrogen functional groups attached to an aromatic ring is 1. The number of halogens is 2. The van der Waals surface area contributed by atoms with E-state index in [0.29, 0.717) is 11.3 Å². The molecular weight excluding hydrogens is 435 g/mol. The number of hydrogen-bond donors (Lipinski definition) is 2. The minimum absolute atomic E-state index is 0.0275. The fourth-order valence-electron chi connectivity index (χ4n) is 3.35. The molecule has 0 saturated heterocycles. The highest BCUT2D eigenvalue weighted by molar-refractivity contribution is 6.35. The first-order chi connectivity index (χ1) is 15.3. The Morgan fingerprint density at radius 2 is 2.06 bits per heavy atom. The third-order valence-corrected chi connectivity index (χ3v) is 5.04. The second-order valence-electron chi connectivity index (χ2n) is 6.96. The monoisotopic (exact) mass is 450 g/mol. The van der Waals surface area contributed by atoms with Gasteiger partial charge in [0.15, 0.2) is 5.82 Å². The highest BCUT2D eigenvalue weighted by Gasteiger charge is 2.22. The first kappa shape index (κ1) is 21.1. The molecule has 1 unspecified atom stereocenters. The van der Waals surface area contributed by atoms with Crippen molar-refractivity contribution in [3.63, 3.8) is 0 Å². The van der Waals surface area contributed by atoms with E-state index >= 15 is 0 Å². The molecule has 0 spiro atoms. The average molecular weight is 451 g/mol. The second kappa shape index (κ2) is 8.20. The van der Waals surface area contributed by atoms with Crippen LogP contribution in [0.3, 0.4) is 0 Å². The summed E-state index contributed by atoms with van der Waals surface area (Å²) < 4.78 is 15.2. The molecule has 4 aromatic rings. The molecule has 0 radical (unpaired) electrons. The predicted octanol–water partition coefficient (Wildman–Crippen LogP) is 3.30. The Bertz CT molecular complexity index is 1460. The molecule has 11 heteroatoms. The number of nitrogens with two attached hydrogens (primary N) is 1. The van der Waals surface area contributed by atoms with Crippen LogP contribution in [0.25, 0.3) is 16.6 Å². The summed E-state index contributed by atoms with van der Waals surface area (Å²) in [6, 6.07) is 7.39. The number of nitrogens with zero attached hydrogens (tertiary/aromatic N) is 6. The number of nitrogens with one attached hydrogen (secondary N) is 1. The first-order valence-corrected chi connectivity index (χ1v) is 9.80. The van der Waals surface area contributed by atoms with Crippen LogP contribution in [-0.2, 0) is 0 Å². The van der Waals surface area contributed by atoms with Crippen LogP contribution >= 0.6 is 11.6 Å². The van der Waals surface area contributed by atoms with Gasteiger partial charge in [-0.05, 0) is 26.0 Å². The molecule has 0 aliphatic heterocycles. The number of hydrogen-bond acceptors (Lipinski definition) is 8. The summed E-state index contributed by atoms with van der Waals surface area (Å²) >= 11 is 6.26. The van der Waals surface area contributed by atoms with Gasteiger partial charge < -0.3 is 11.1 Å². The third kappa shape index (κ3) is 3.70. The van der Waals surface area contributed by atoms with Crippen LogP contribution in [0.4, 0.5) is 16.0 Å². The number of pyridine rings is 1. The Balaban J connectivity index is 1.95. The maximum Gasteiger partial charge on any atom is 0.267 e. The molecule has 0 saturated carbocycles. The molecule has 0 aliphatic rings. The van der Waals surface area contributed by atoms with E-state index in [-0.39, 0.29) is 39.1 Å². The molecule has 0 fully saturated rings. The van der Waals surface area contributed by atoms with E-state index in [4.69, 9.17) is 17.3 Å². The smallest absolute Gasteiger partial charge is 0.267 e. The van der Waals surface area contributed by atoms with Crippen molar-refractivity contribution in [1.29, 1.82) is 5.26 Å². The number of rotatable bonds is 4. The zero-order chi connectivity index (χ0) is 23.0. The number of anilines is 2. The molecule has 0 amide bonds. The molecule has 0 bridgehead atoms. The number of aromatic nitrogens is 5. The summed E-state index contributed by atoms with van der Waals surface area (Å²) in [5.74, 6) is 0.192. The van der Waals surface area contributed by atoms with Gasteiger partial charge in [0, 0.05) is 6.07 Å². The lowest BCUT2D eigenvalue weighted by atomic mass is 10.2. The van der Waals surface area contributed by atoms with E-state index in [0.717, 1.165) is 6.20 Å². The molecule has 3 N–H and O–H groups in total. The number of nitriles is 1. The van der Waals surface area contributed by atoms with Crippen molar-refractivity contribution in [2.45, 2.75) is 19.9 Å². The van der Waals surface area contributed by atoms with Crippen molar-refractivity contribution in [2.24, 2.45) is 0 Å². The maximum atomic E-state index is 13.9. The summed E-state index contributed by atoms with van der Waals surface area (Å²) in [4.78, 5) is 30.1. The van der Waals surface area contributed by atoms with Crippen molar-refractivity contribution in [2.75, 3.05) is 11.1 Å². The number of aryl methyl sites for hydroxylation is 1. The van der Waals surface area contributed by atoms with Crippen LogP contribution in [0.15, 0.2) is 41.5 Å². The summed E-state index contributed by atoms with van der Waals surface area (Å²) in [5, 5.41) is 12.9. The lowest BCUT2D eigenvalue weighted by molar-refractivity contribution is 0.617. The molecule has 9 nitrogen and oxygen atoms in total. The average Bonchev–Trinajstić information content (AvgIpc) is 2.73. The molecular formula is C21H16ClFN8O. The minimum Gasteiger partial charge on any atom is -0.382 e. The largest absolute Gasteiger partial charge is 0.382 e. The summed E-state index contributed by atoms with van der Waals surface area (Å²) in [6.07, 6.45) is 2.38. The highest BCUT2D eigenvalue weighted by Crippen LogP contribution is 2.26. The summed E-state index contributed by atoms with van der Waals surface area (Å²) in [5.41, 5.74) is 5.96. The standard InChI is InChI=1S/C21H16ClFN8O/c1-10(27-19-14(7-24)18(25)28-11(2)29-19)20-30-16-5-3-4-15(22)17(16)21(32)31(20)13-6-12(23)8-26-9-13/h3-6,8-10H,1-2H3,(H3,25,27,28,29). The van der Waals surface area contributed by atoms with Crippen LogP contribution in [0, 0.1) is 24.1 Å². The molecule has 4 rings (SSSR count). The Hall–Kier alpha value is -4.10. The van der Waals surface area contributed by atoms with Crippen LogP contribution in [0.2, 0.25) is 5.02 Å². The van der Waals surface area contributed by atoms with Gasteiger partial charge in [0.2, 0.25) is 0 Å². The molecule has 1 atom stereocenters. The number of fused-ring (bicyclic) bond motifs is 1. The van der Waals surface area contributed by atoms with E-state index in [1.165, 1.54) is 16.8 Å². The SMILES string of the molecule is Cc1nc(N)c(C#N)c(NC(C)c2nc3cccc(Cl)c3c(=O)n2-c2cncc(F)c2)n1. The van der Waals surface area contributed by atoms with E-state index in [1.807, 2.05) is 6.07 Å². The Morgan fingerprint density at radius 3 is 2.78 bits per heavy atom. The lowest BCUT2D eigenvalue weighted by Crippen LogP contribution is -2.28. The number of benzene rings is 1. The third-order valence-electron chi connectivity index (χ3n) is 4.72. The molecule has 32 heavy (non-hydrogen) atoms. The Morgan fingerprint density at radius 1 is 1.28 bits per heavy atom. The van der Waals surface area contributed by atoms with Gasteiger partial charge in [-0.2, -0.15) is 5.26 Å². The predicted molar refractivity (Wildman–Crippen MR) is 118 cm³/mol. The van der Waals surface area contributed by atoms with Crippen molar-refractivity contribution in [3.8, 4) is 11.8 Å². The van der Waals surface area contributed by atoms with Crippen LogP contribution in [0.5, 0.6) is 0 Å². The van der Waals surface area contributed by atoms with Crippen LogP contribution in [-0.4, -0.2) is 24.5 Å². The van der Waals surface area contributed by atoms with Gasteiger partial charge in [0.05, 0.1) is 40.0 Å². The van der Waals surface area contributed by atoms with Crippen LogP contribution in [0.1, 0.15) is 30.2 Å². The van der Waals surface area contributed by atoms with Crippen molar-refractivity contribution >= 4 is 34.1 Å². The zero-order valence-corrected chi connectivity index (χ0v) is 17.7. The highest BCUT2D eigenvalue weighted by atomic mass is 35.5. The zero-order valence-electron chi connectivity index (χ0n) is 17.0. The summed E-state index contributed by atoms with van der Waals surface area (Å²) in [7, 11) is 0. The molecule has 160 valence electrons. The van der Waals surface area contributed by atoms with Crippen LogP contribution < -0.4 is 16.6 Å². The van der Waals surface area contributed by atoms with E-state index in [2.05, 4.69) is 25.3 Å². The van der Waals surface area contributed by atoms with Gasteiger partial charge in [-0.25, -0.2) is 19.3 Å². The Kier molecular flexibility index (Phi) is 5.42. The quantitative estimate of drug-likeness (QED) is 0.483. The van der Waals surface area contributed by atoms with Gasteiger partial charge in [0.1, 0.15) is 34.9 Å². The molecule has 1 aromatic carbocycles. The van der Waals surface area contributed by atoms with Crippen molar-refractivity contribution < 1.29 is 4.39 Å². The molecule has 3 heterocycles. The van der Waals surface area contributed by atoms with Gasteiger partial charge in [-0.1, -0.05) is 17.7 Å². The molecule has 0 aliphatic carbocycles. The first-order valence-electron chi connectivity index (χ1n) is 9.43. The van der Waals surface area contributed by atoms with E-state index in [1.54, 1.807) is 32.0 Å². The van der Waals surface area contributed by atoms with Crippen molar-refractivity contribution in [3.05, 3.63) is 75.1 Å². The topological polar surface area (TPSA) is 135 Å². The summed E-state index contributed by atoms with van der Waals surface area (Å²) in [6.45, 7) is 3.36. The fraction of sp³-hybridized carbons (Fsp3) is 0.143.